The highest BCUT2D eigenvalue weighted by molar-refractivity contribution is 14.0. The zero-order valence-corrected chi connectivity index (χ0v) is 20.7. The van der Waals surface area contributed by atoms with Gasteiger partial charge in [0.25, 0.3) is 0 Å². The van der Waals surface area contributed by atoms with Crippen molar-refractivity contribution in [3.8, 4) is 0 Å². The van der Waals surface area contributed by atoms with Crippen molar-refractivity contribution >= 4 is 41.4 Å². The van der Waals surface area contributed by atoms with E-state index in [4.69, 9.17) is 9.73 Å². The van der Waals surface area contributed by atoms with Crippen molar-refractivity contribution in [2.75, 3.05) is 36.5 Å². The first-order chi connectivity index (χ1) is 15.3. The van der Waals surface area contributed by atoms with Crippen molar-refractivity contribution in [2.24, 2.45) is 4.99 Å². The molecule has 2 N–H and O–H groups in total. The Morgan fingerprint density at radius 3 is 2.50 bits per heavy atom. The van der Waals surface area contributed by atoms with Gasteiger partial charge in [-0.3, -0.25) is 0 Å². The molecule has 0 radical (unpaired) electrons. The monoisotopic (exact) mass is 543 g/mol. The summed E-state index contributed by atoms with van der Waals surface area (Å²) in [6.45, 7) is 6.53. The number of benzene rings is 2. The van der Waals surface area contributed by atoms with Gasteiger partial charge in [-0.1, -0.05) is 54.1 Å². The van der Waals surface area contributed by atoms with Crippen molar-refractivity contribution in [3.63, 3.8) is 0 Å². The van der Waals surface area contributed by atoms with Crippen LogP contribution in [0.25, 0.3) is 0 Å². The molecule has 0 unspecified atom stereocenters. The maximum Gasteiger partial charge on any atom is 0.196 e. The molecule has 168 valence electrons. The summed E-state index contributed by atoms with van der Waals surface area (Å²) < 4.78 is 5.49. The molecule has 1 aliphatic heterocycles. The summed E-state index contributed by atoms with van der Waals surface area (Å²) in [4.78, 5) is 11.7. The fraction of sp³-hybridized carbons (Fsp3) is 0.280. The average Bonchev–Trinajstić information content (AvgIpc) is 2.83. The Labute approximate surface area is 207 Å². The van der Waals surface area contributed by atoms with Gasteiger partial charge < -0.3 is 20.3 Å². The SMILES string of the molecule is Cc1ccc(CN=C(NCc2cccnc2N2CCOCC2)Nc2ccccc2)cc1.I. The average molecular weight is 543 g/mol. The molecule has 1 fully saturated rings. The van der Waals surface area contributed by atoms with Crippen LogP contribution in [0, 0.1) is 6.92 Å². The van der Waals surface area contributed by atoms with Crippen LogP contribution in [0.4, 0.5) is 11.5 Å². The topological polar surface area (TPSA) is 61.8 Å². The summed E-state index contributed by atoms with van der Waals surface area (Å²) >= 11 is 0. The number of pyridine rings is 1. The molecule has 0 spiro atoms. The quantitative estimate of drug-likeness (QED) is 0.271. The molecule has 2 aromatic carbocycles. The molecule has 32 heavy (non-hydrogen) atoms. The van der Waals surface area contributed by atoms with Crippen LogP contribution in [0.1, 0.15) is 16.7 Å². The minimum absolute atomic E-state index is 0. The van der Waals surface area contributed by atoms with E-state index in [1.807, 2.05) is 42.6 Å². The van der Waals surface area contributed by atoms with E-state index in [1.54, 1.807) is 0 Å². The molecule has 0 amide bonds. The van der Waals surface area contributed by atoms with Crippen molar-refractivity contribution in [1.82, 2.24) is 10.3 Å². The molecule has 2 heterocycles. The Kier molecular flexibility index (Phi) is 9.30. The summed E-state index contributed by atoms with van der Waals surface area (Å²) in [5.41, 5.74) is 4.57. The number of aryl methyl sites for hydroxylation is 1. The van der Waals surface area contributed by atoms with E-state index in [9.17, 15) is 0 Å². The first-order valence-electron chi connectivity index (χ1n) is 10.7. The van der Waals surface area contributed by atoms with E-state index in [0.717, 1.165) is 49.3 Å². The fourth-order valence-corrected chi connectivity index (χ4v) is 3.47. The predicted molar refractivity (Wildman–Crippen MR) is 142 cm³/mol. The third-order valence-electron chi connectivity index (χ3n) is 5.20. The van der Waals surface area contributed by atoms with Crippen LogP contribution in [0.3, 0.4) is 0 Å². The van der Waals surface area contributed by atoms with Crippen LogP contribution < -0.4 is 15.5 Å². The molecule has 0 saturated carbocycles. The number of rotatable bonds is 6. The maximum atomic E-state index is 5.49. The minimum atomic E-state index is 0. The Morgan fingerprint density at radius 2 is 1.75 bits per heavy atom. The zero-order valence-electron chi connectivity index (χ0n) is 18.3. The minimum Gasteiger partial charge on any atom is -0.378 e. The first kappa shape index (κ1) is 24.0. The molecular formula is C25H30IN5O. The van der Waals surface area contributed by atoms with Gasteiger partial charge in [-0.25, -0.2) is 9.98 Å². The maximum absolute atomic E-state index is 5.49. The number of nitrogens with one attached hydrogen (secondary N) is 2. The number of halogens is 1. The van der Waals surface area contributed by atoms with E-state index < -0.39 is 0 Å². The number of anilines is 2. The van der Waals surface area contributed by atoms with Gasteiger partial charge in [0, 0.05) is 37.1 Å². The number of hydrogen-bond donors (Lipinski definition) is 2. The van der Waals surface area contributed by atoms with Crippen LogP contribution >= 0.6 is 24.0 Å². The summed E-state index contributed by atoms with van der Waals surface area (Å²) in [5, 5.41) is 6.90. The highest BCUT2D eigenvalue weighted by Crippen LogP contribution is 2.18. The standard InChI is InChI=1S/C25H29N5O.HI/c1-20-9-11-21(12-10-20)18-27-25(29-23-7-3-2-4-8-23)28-19-22-6-5-13-26-24(22)30-14-16-31-17-15-30;/h2-13H,14-19H2,1H3,(H2,27,28,29);1H. The number of ether oxygens (including phenoxy) is 1. The van der Waals surface area contributed by atoms with Crippen molar-refractivity contribution in [2.45, 2.75) is 20.0 Å². The lowest BCUT2D eigenvalue weighted by molar-refractivity contribution is 0.122. The highest BCUT2D eigenvalue weighted by atomic mass is 127. The van der Waals surface area contributed by atoms with Gasteiger partial charge in [-0.2, -0.15) is 0 Å². The second-order valence-electron chi connectivity index (χ2n) is 7.58. The van der Waals surface area contributed by atoms with E-state index in [2.05, 4.69) is 57.8 Å². The number of morpholine rings is 1. The van der Waals surface area contributed by atoms with Crippen molar-refractivity contribution in [3.05, 3.63) is 89.6 Å². The normalized spacial score (nSPS) is 13.9. The largest absolute Gasteiger partial charge is 0.378 e. The molecule has 0 aliphatic carbocycles. The smallest absolute Gasteiger partial charge is 0.196 e. The molecule has 0 atom stereocenters. The number of guanidine groups is 1. The van der Waals surface area contributed by atoms with Gasteiger partial charge in [0.05, 0.1) is 19.8 Å². The lowest BCUT2D eigenvalue weighted by Crippen LogP contribution is -2.38. The van der Waals surface area contributed by atoms with Gasteiger partial charge in [0.2, 0.25) is 0 Å². The van der Waals surface area contributed by atoms with Gasteiger partial charge in [0.1, 0.15) is 5.82 Å². The van der Waals surface area contributed by atoms with Crippen molar-refractivity contribution < 1.29 is 4.74 Å². The number of nitrogens with zero attached hydrogens (tertiary/aromatic N) is 3. The van der Waals surface area contributed by atoms with Gasteiger partial charge in [-0.05, 0) is 30.7 Å². The molecule has 1 aliphatic rings. The second-order valence-corrected chi connectivity index (χ2v) is 7.58. The molecule has 1 aromatic heterocycles. The molecule has 7 heteroatoms. The summed E-state index contributed by atoms with van der Waals surface area (Å²) in [7, 11) is 0. The Hall–Kier alpha value is -2.65. The Bertz CT molecular complexity index is 989. The van der Waals surface area contributed by atoms with Crippen LogP contribution in [0.5, 0.6) is 0 Å². The molecule has 6 nitrogen and oxygen atoms in total. The predicted octanol–water partition coefficient (Wildman–Crippen LogP) is 4.60. The molecular weight excluding hydrogens is 513 g/mol. The molecule has 3 aromatic rings. The summed E-state index contributed by atoms with van der Waals surface area (Å²) in [5.74, 6) is 1.75. The lowest BCUT2D eigenvalue weighted by atomic mass is 10.1. The number of para-hydroxylation sites is 1. The lowest BCUT2D eigenvalue weighted by Gasteiger charge is -2.29. The van der Waals surface area contributed by atoms with E-state index in [-0.39, 0.29) is 24.0 Å². The van der Waals surface area contributed by atoms with Crippen LogP contribution in [-0.2, 0) is 17.8 Å². The van der Waals surface area contributed by atoms with E-state index in [1.165, 1.54) is 11.1 Å². The Morgan fingerprint density at radius 1 is 1.00 bits per heavy atom. The second kappa shape index (κ2) is 12.4. The number of aromatic nitrogens is 1. The molecule has 0 bridgehead atoms. The fourth-order valence-electron chi connectivity index (χ4n) is 3.47. The molecule has 1 saturated heterocycles. The third-order valence-corrected chi connectivity index (χ3v) is 5.20. The van der Waals surface area contributed by atoms with Crippen LogP contribution in [0.2, 0.25) is 0 Å². The first-order valence-corrected chi connectivity index (χ1v) is 10.7. The highest BCUT2D eigenvalue weighted by Gasteiger charge is 2.16. The van der Waals surface area contributed by atoms with Gasteiger partial charge in [-0.15, -0.1) is 24.0 Å². The van der Waals surface area contributed by atoms with E-state index in [0.29, 0.717) is 13.1 Å². The summed E-state index contributed by atoms with van der Waals surface area (Å²) in [6, 6.07) is 22.7. The zero-order chi connectivity index (χ0) is 21.3. The van der Waals surface area contributed by atoms with E-state index >= 15 is 0 Å². The summed E-state index contributed by atoms with van der Waals surface area (Å²) in [6.07, 6.45) is 1.85. The third kappa shape index (κ3) is 6.93. The number of hydrogen-bond acceptors (Lipinski definition) is 4. The van der Waals surface area contributed by atoms with Crippen LogP contribution in [0.15, 0.2) is 77.9 Å². The van der Waals surface area contributed by atoms with Gasteiger partial charge >= 0.3 is 0 Å². The van der Waals surface area contributed by atoms with Gasteiger partial charge in [0.15, 0.2) is 5.96 Å². The Balaban J connectivity index is 0.00000289. The number of aliphatic imine (C=N–C) groups is 1. The van der Waals surface area contributed by atoms with Crippen molar-refractivity contribution in [1.29, 1.82) is 0 Å². The molecule has 4 rings (SSSR count). The van der Waals surface area contributed by atoms with Crippen LogP contribution in [-0.4, -0.2) is 37.2 Å².